The largest absolute Gasteiger partial charge is 0.570 e. The number of aromatic amines is 1. The second-order valence-corrected chi connectivity index (χ2v) is 8.76. The number of hydrogen-bond acceptors (Lipinski definition) is 9. The van der Waals surface area contributed by atoms with Crippen molar-refractivity contribution in [3.63, 3.8) is 0 Å². The molecule has 0 spiro atoms. The Bertz CT molecular complexity index is 950. The van der Waals surface area contributed by atoms with Crippen LogP contribution in [0.5, 0.6) is 0 Å². The highest BCUT2D eigenvalue weighted by Gasteiger charge is 2.42. The second-order valence-electron chi connectivity index (χ2n) is 7.26. The third kappa shape index (κ3) is 7.58. The van der Waals surface area contributed by atoms with E-state index in [1.807, 2.05) is 30.3 Å². The fourth-order valence-corrected chi connectivity index (χ4v) is 3.98. The van der Waals surface area contributed by atoms with Crippen LogP contribution < -0.4 is 11.2 Å². The third-order valence-electron chi connectivity index (χ3n) is 4.78. The molecule has 2 aromatic rings. The molecule has 3 unspecified atom stereocenters. The van der Waals surface area contributed by atoms with Crippen LogP contribution in [0.1, 0.15) is 24.6 Å². The van der Waals surface area contributed by atoms with E-state index >= 15 is 0 Å². The predicted octanol–water partition coefficient (Wildman–Crippen LogP) is 1.14. The molecule has 3 atom stereocenters. The van der Waals surface area contributed by atoms with E-state index < -0.39 is 37.9 Å². The van der Waals surface area contributed by atoms with Crippen molar-refractivity contribution in [2.75, 3.05) is 26.9 Å². The Morgan fingerprint density at radius 3 is 2.66 bits per heavy atom. The number of benzene rings is 1. The number of nitrogens with one attached hydrogen (secondary N) is 1. The first-order chi connectivity index (χ1) is 15.4. The third-order valence-corrected chi connectivity index (χ3v) is 5.76. The van der Waals surface area contributed by atoms with Crippen molar-refractivity contribution in [2.24, 2.45) is 0 Å². The van der Waals surface area contributed by atoms with Crippen LogP contribution in [-0.4, -0.2) is 58.5 Å². The molecule has 32 heavy (non-hydrogen) atoms. The van der Waals surface area contributed by atoms with Crippen molar-refractivity contribution < 1.29 is 33.0 Å². The molecule has 0 radical (unpaired) electrons. The van der Waals surface area contributed by atoms with Crippen LogP contribution >= 0.6 is 8.17 Å². The maximum Gasteiger partial charge on any atom is 0.570 e. The quantitative estimate of drug-likeness (QED) is 0.389. The van der Waals surface area contributed by atoms with E-state index in [9.17, 15) is 19.4 Å². The first kappa shape index (κ1) is 24.7. The van der Waals surface area contributed by atoms with Crippen LogP contribution in [0.2, 0.25) is 0 Å². The maximum absolute atomic E-state index is 11.9. The molecule has 1 saturated heterocycles. The van der Waals surface area contributed by atoms with E-state index in [2.05, 4.69) is 4.98 Å². The van der Waals surface area contributed by atoms with E-state index in [0.717, 1.165) is 5.56 Å². The van der Waals surface area contributed by atoms with Gasteiger partial charge in [0.15, 0.2) is 0 Å². The Balaban J connectivity index is 1.43. The topological polar surface area (TPSA) is 141 Å². The number of nitrogens with zero attached hydrogens (tertiary/aromatic N) is 1. The molecule has 3 N–H and O–H groups in total. The van der Waals surface area contributed by atoms with Crippen molar-refractivity contribution in [3.05, 3.63) is 69.0 Å². The molecule has 1 fully saturated rings. The minimum atomic E-state index is -4.11. The summed E-state index contributed by atoms with van der Waals surface area (Å²) in [5.74, 6) is 0. The van der Waals surface area contributed by atoms with E-state index in [-0.39, 0.29) is 19.8 Å². The number of H-pyrrole nitrogens is 1. The summed E-state index contributed by atoms with van der Waals surface area (Å²) >= 11 is 0. The number of ether oxygens (including phenoxy) is 3. The SMILES string of the molecule is COCC(CO[P+](O)(O)OCC1CCC(n2ccc(=O)[nH]c2=O)O1)OCc1ccccc1. The second kappa shape index (κ2) is 11.8. The van der Waals surface area contributed by atoms with Gasteiger partial charge in [0, 0.05) is 19.4 Å². The Morgan fingerprint density at radius 1 is 1.16 bits per heavy atom. The Hall–Kier alpha value is -1.95. The highest BCUT2D eigenvalue weighted by Crippen LogP contribution is 2.53. The van der Waals surface area contributed by atoms with Crippen LogP contribution in [-0.2, 0) is 29.9 Å². The highest BCUT2D eigenvalue weighted by atomic mass is 31.2. The summed E-state index contributed by atoms with van der Waals surface area (Å²) in [7, 11) is -2.60. The smallest absolute Gasteiger partial charge is 0.382 e. The zero-order chi connectivity index (χ0) is 23.0. The van der Waals surface area contributed by atoms with Gasteiger partial charge < -0.3 is 14.2 Å². The normalized spacial score (nSPS) is 19.8. The van der Waals surface area contributed by atoms with E-state index in [0.29, 0.717) is 19.4 Å². The lowest BCUT2D eigenvalue weighted by Gasteiger charge is -2.18. The van der Waals surface area contributed by atoms with Crippen LogP contribution in [0.4, 0.5) is 0 Å². The number of methoxy groups -OCH3 is 1. The fraction of sp³-hybridized carbons (Fsp3) is 0.500. The average molecular weight is 471 g/mol. The zero-order valence-electron chi connectivity index (χ0n) is 17.7. The van der Waals surface area contributed by atoms with Gasteiger partial charge in [-0.2, -0.15) is 18.8 Å². The van der Waals surface area contributed by atoms with Gasteiger partial charge in [-0.25, -0.2) is 4.79 Å². The standard InChI is InChI=1S/C20H27N2O9P/c1-27-12-17(28-11-15-5-3-2-4-6-15)14-30-32(25,26)29-13-16-7-8-19(31-16)22-10-9-18(23)21-20(22)24/h2-6,9-10,16-17,19,25-26H,7-8,11-14H2,1H3/p+1. The summed E-state index contributed by atoms with van der Waals surface area (Å²) < 4.78 is 28.2. The molecule has 1 aromatic heterocycles. The summed E-state index contributed by atoms with van der Waals surface area (Å²) in [6.45, 7) is 0.258. The van der Waals surface area contributed by atoms with Gasteiger partial charge in [-0.3, -0.25) is 14.3 Å². The van der Waals surface area contributed by atoms with Crippen molar-refractivity contribution in [1.82, 2.24) is 9.55 Å². The van der Waals surface area contributed by atoms with Crippen molar-refractivity contribution in [1.29, 1.82) is 0 Å². The Morgan fingerprint density at radius 2 is 1.94 bits per heavy atom. The van der Waals surface area contributed by atoms with Crippen molar-refractivity contribution in [2.45, 2.75) is 37.9 Å². The minimum absolute atomic E-state index is 0.130. The molecule has 3 rings (SSSR count). The molecule has 0 aliphatic carbocycles. The van der Waals surface area contributed by atoms with Gasteiger partial charge in [0.25, 0.3) is 5.56 Å². The van der Waals surface area contributed by atoms with Crippen LogP contribution in [0.25, 0.3) is 0 Å². The van der Waals surface area contributed by atoms with E-state index in [1.54, 1.807) is 0 Å². The summed E-state index contributed by atoms with van der Waals surface area (Å²) in [4.78, 5) is 45.5. The van der Waals surface area contributed by atoms with Gasteiger partial charge in [-0.15, -0.1) is 0 Å². The average Bonchev–Trinajstić information content (AvgIpc) is 3.24. The number of hydrogen-bond donors (Lipinski definition) is 3. The van der Waals surface area contributed by atoms with Crippen molar-refractivity contribution in [3.8, 4) is 0 Å². The Labute approximate surface area is 185 Å². The van der Waals surface area contributed by atoms with Crippen LogP contribution in [0, 0.1) is 0 Å². The molecule has 11 nitrogen and oxygen atoms in total. The van der Waals surface area contributed by atoms with Gasteiger partial charge in [0.1, 0.15) is 25.5 Å². The summed E-state index contributed by atoms with van der Waals surface area (Å²) in [5.41, 5.74) is -0.0948. The molecule has 0 amide bonds. The molecule has 0 saturated carbocycles. The van der Waals surface area contributed by atoms with Gasteiger partial charge >= 0.3 is 13.9 Å². The molecule has 0 bridgehead atoms. The first-order valence-corrected chi connectivity index (χ1v) is 11.6. The maximum atomic E-state index is 11.9. The zero-order valence-corrected chi connectivity index (χ0v) is 18.6. The predicted molar refractivity (Wildman–Crippen MR) is 115 cm³/mol. The molecule has 12 heteroatoms. The monoisotopic (exact) mass is 471 g/mol. The van der Waals surface area contributed by atoms with E-state index in [4.69, 9.17) is 23.3 Å². The van der Waals surface area contributed by atoms with Gasteiger partial charge in [-0.05, 0) is 18.4 Å². The molecular formula is C20H28N2O9P+. The van der Waals surface area contributed by atoms with Crippen molar-refractivity contribution >= 4 is 8.17 Å². The molecule has 1 aliphatic heterocycles. The summed E-state index contributed by atoms with van der Waals surface area (Å²) in [6, 6.07) is 10.8. The minimum Gasteiger partial charge on any atom is -0.382 e. The van der Waals surface area contributed by atoms with Gasteiger partial charge in [0.2, 0.25) is 0 Å². The van der Waals surface area contributed by atoms with Gasteiger partial charge in [0.05, 0.1) is 19.3 Å². The molecule has 1 aromatic carbocycles. The molecular weight excluding hydrogens is 443 g/mol. The van der Waals surface area contributed by atoms with Crippen LogP contribution in [0.15, 0.2) is 52.2 Å². The van der Waals surface area contributed by atoms with Crippen LogP contribution in [0.3, 0.4) is 0 Å². The summed E-state index contributed by atoms with van der Waals surface area (Å²) in [6.07, 6.45) is 0.831. The lowest BCUT2D eigenvalue weighted by atomic mass is 10.2. The highest BCUT2D eigenvalue weighted by molar-refractivity contribution is 7.54. The molecule has 1 aliphatic rings. The molecule has 176 valence electrons. The number of aromatic nitrogens is 2. The summed E-state index contributed by atoms with van der Waals surface area (Å²) in [5, 5.41) is 0. The lowest BCUT2D eigenvalue weighted by Crippen LogP contribution is -2.31. The molecule has 2 heterocycles. The Kier molecular flexibility index (Phi) is 9.09. The van der Waals surface area contributed by atoms with Gasteiger partial charge in [-0.1, -0.05) is 30.3 Å². The lowest BCUT2D eigenvalue weighted by molar-refractivity contribution is -0.0519. The first-order valence-electron chi connectivity index (χ1n) is 10.1. The fourth-order valence-electron chi connectivity index (χ4n) is 3.18. The van der Waals surface area contributed by atoms with E-state index in [1.165, 1.54) is 23.9 Å². The number of rotatable bonds is 12.